The van der Waals surface area contributed by atoms with E-state index >= 15 is 0 Å². The van der Waals surface area contributed by atoms with E-state index in [-0.39, 0.29) is 28.3 Å². The van der Waals surface area contributed by atoms with Crippen LogP contribution in [0.5, 0.6) is 0 Å². The molecular weight excluding hydrogens is 371 g/mol. The van der Waals surface area contributed by atoms with Gasteiger partial charge in [0.25, 0.3) is 11.5 Å². The number of aromatic nitrogens is 4. The van der Waals surface area contributed by atoms with Gasteiger partial charge in [0.15, 0.2) is 5.65 Å². The third-order valence-corrected chi connectivity index (χ3v) is 4.66. The molecule has 6 nitrogen and oxygen atoms in total. The number of aromatic amines is 1. The minimum atomic E-state index is -2.94. The van der Waals surface area contributed by atoms with Crippen molar-refractivity contribution in [3.05, 3.63) is 51.4 Å². The molecule has 0 aliphatic heterocycles. The second kappa shape index (κ2) is 7.29. The monoisotopic (exact) mass is 393 g/mol. The molecule has 0 bridgehead atoms. The lowest BCUT2D eigenvalue weighted by atomic mass is 10.0. The first-order chi connectivity index (χ1) is 13.2. The van der Waals surface area contributed by atoms with Crippen LogP contribution in [0.4, 0.5) is 19.1 Å². The van der Waals surface area contributed by atoms with Gasteiger partial charge in [-0.3, -0.25) is 9.78 Å². The largest absolute Gasteiger partial charge is 0.348 e. The number of hydrogen-bond donors (Lipinski definition) is 1. The van der Waals surface area contributed by atoms with E-state index in [4.69, 9.17) is 0 Å². The second-order valence-corrected chi connectivity index (χ2v) is 6.94. The highest BCUT2D eigenvalue weighted by Gasteiger charge is 2.26. The molecule has 28 heavy (non-hydrogen) atoms. The fourth-order valence-electron chi connectivity index (χ4n) is 3.17. The van der Waals surface area contributed by atoms with E-state index in [0.29, 0.717) is 12.4 Å². The Morgan fingerprint density at radius 2 is 1.89 bits per heavy atom. The molecule has 2 heterocycles. The molecule has 2 aromatic heterocycles. The molecule has 0 saturated carbocycles. The molecule has 150 valence electrons. The first-order valence-corrected chi connectivity index (χ1v) is 8.90. The van der Waals surface area contributed by atoms with Gasteiger partial charge in [-0.25, -0.2) is 17.9 Å². The van der Waals surface area contributed by atoms with Gasteiger partial charge in [-0.05, 0) is 12.0 Å². The summed E-state index contributed by atoms with van der Waals surface area (Å²) in [6.07, 6.45) is 0.552. The van der Waals surface area contributed by atoms with Gasteiger partial charge >= 0.3 is 0 Å². The molecule has 9 heteroatoms. The van der Waals surface area contributed by atoms with E-state index < -0.39 is 18.2 Å². The number of halogens is 3. The van der Waals surface area contributed by atoms with Gasteiger partial charge in [-0.2, -0.15) is 10.1 Å². The number of H-pyrrole nitrogens is 1. The van der Waals surface area contributed by atoms with Crippen molar-refractivity contribution in [2.45, 2.75) is 38.9 Å². The summed E-state index contributed by atoms with van der Waals surface area (Å²) in [5.41, 5.74) is 0.425. The van der Waals surface area contributed by atoms with Crippen LogP contribution >= 0.6 is 0 Å². The SMILES string of the molecule is CC[C@H](c1ccc(C(C)(F)F)cc1)n1nc(CF)c2c(=O)[nH]c(N(C)C)nc21. The molecule has 3 aromatic rings. The number of fused-ring (bicyclic) bond motifs is 1. The molecule has 0 saturated heterocycles. The third-order valence-electron chi connectivity index (χ3n) is 4.66. The lowest BCUT2D eigenvalue weighted by Gasteiger charge is -2.19. The van der Waals surface area contributed by atoms with Crippen LogP contribution in [0.15, 0.2) is 29.1 Å². The predicted molar refractivity (Wildman–Crippen MR) is 102 cm³/mol. The number of anilines is 1. The summed E-state index contributed by atoms with van der Waals surface area (Å²) in [7, 11) is 3.45. The van der Waals surface area contributed by atoms with Crippen LogP contribution in [0.3, 0.4) is 0 Å². The van der Waals surface area contributed by atoms with E-state index in [1.807, 2.05) is 6.92 Å². The maximum absolute atomic E-state index is 13.5. The second-order valence-electron chi connectivity index (χ2n) is 6.94. The minimum absolute atomic E-state index is 0.00391. The molecule has 0 amide bonds. The van der Waals surface area contributed by atoms with Gasteiger partial charge in [-0.15, -0.1) is 0 Å². The standard InChI is InChI=1S/C19H22F3N5O/c1-5-14(11-6-8-12(9-7-11)19(2,21)22)27-16-15(13(10-20)25-27)17(28)24-18(23-16)26(3)4/h6-9,14H,5,10H2,1-4H3,(H,23,24,28)/t14-/m1/s1. The van der Waals surface area contributed by atoms with Gasteiger partial charge in [0.2, 0.25) is 5.95 Å². The number of alkyl halides is 3. The third kappa shape index (κ3) is 3.48. The zero-order chi connectivity index (χ0) is 20.6. The molecule has 0 aliphatic carbocycles. The Morgan fingerprint density at radius 1 is 1.25 bits per heavy atom. The topological polar surface area (TPSA) is 66.8 Å². The van der Waals surface area contributed by atoms with Crippen LogP contribution in [0.1, 0.15) is 43.1 Å². The zero-order valence-corrected chi connectivity index (χ0v) is 16.1. The Labute approximate surface area is 160 Å². The lowest BCUT2D eigenvalue weighted by Crippen LogP contribution is -2.20. The van der Waals surface area contributed by atoms with Gasteiger partial charge in [-0.1, -0.05) is 31.2 Å². The average Bonchev–Trinajstić information content (AvgIpc) is 3.01. The molecule has 0 unspecified atom stereocenters. The smallest absolute Gasteiger partial charge is 0.270 e. The summed E-state index contributed by atoms with van der Waals surface area (Å²) >= 11 is 0. The van der Waals surface area contributed by atoms with Crippen molar-refractivity contribution in [3.63, 3.8) is 0 Å². The van der Waals surface area contributed by atoms with Crippen molar-refractivity contribution < 1.29 is 13.2 Å². The Morgan fingerprint density at radius 3 is 2.39 bits per heavy atom. The van der Waals surface area contributed by atoms with Crippen LogP contribution in [-0.2, 0) is 12.6 Å². The molecule has 1 N–H and O–H groups in total. The zero-order valence-electron chi connectivity index (χ0n) is 16.1. The Balaban J connectivity index is 2.18. The molecule has 0 radical (unpaired) electrons. The van der Waals surface area contributed by atoms with Crippen LogP contribution in [-0.4, -0.2) is 33.8 Å². The highest BCUT2D eigenvalue weighted by atomic mass is 19.3. The number of benzene rings is 1. The normalized spacial score (nSPS) is 13.1. The first kappa shape index (κ1) is 19.9. The Kier molecular flexibility index (Phi) is 5.18. The fraction of sp³-hybridized carbons (Fsp3) is 0.421. The number of nitrogens with zero attached hydrogens (tertiary/aromatic N) is 4. The molecule has 1 atom stereocenters. The van der Waals surface area contributed by atoms with Crippen LogP contribution < -0.4 is 10.5 Å². The van der Waals surface area contributed by atoms with E-state index in [1.165, 1.54) is 16.8 Å². The van der Waals surface area contributed by atoms with Crippen molar-refractivity contribution in [2.75, 3.05) is 19.0 Å². The summed E-state index contributed by atoms with van der Waals surface area (Å²) in [5.74, 6) is -2.62. The molecule has 1 aromatic carbocycles. The quantitative estimate of drug-likeness (QED) is 0.692. The summed E-state index contributed by atoms with van der Waals surface area (Å²) < 4.78 is 42.0. The van der Waals surface area contributed by atoms with Gasteiger partial charge in [0.05, 0.1) is 6.04 Å². The fourth-order valence-corrected chi connectivity index (χ4v) is 3.17. The summed E-state index contributed by atoms with van der Waals surface area (Å²) in [4.78, 5) is 21.2. The molecule has 3 rings (SSSR count). The molecule has 0 fully saturated rings. The summed E-state index contributed by atoms with van der Waals surface area (Å²) in [6, 6.07) is 5.55. The highest BCUT2D eigenvalue weighted by molar-refractivity contribution is 5.78. The number of nitrogens with one attached hydrogen (secondary N) is 1. The van der Waals surface area contributed by atoms with Crippen molar-refractivity contribution in [3.8, 4) is 0 Å². The molecular formula is C19H22F3N5O. The Hall–Kier alpha value is -2.84. The van der Waals surface area contributed by atoms with Crippen molar-refractivity contribution in [2.24, 2.45) is 0 Å². The number of rotatable bonds is 6. The van der Waals surface area contributed by atoms with E-state index in [1.54, 1.807) is 31.1 Å². The molecule has 0 spiro atoms. The number of hydrogen-bond acceptors (Lipinski definition) is 4. The van der Waals surface area contributed by atoms with Crippen molar-refractivity contribution >= 4 is 17.0 Å². The van der Waals surface area contributed by atoms with Gasteiger partial charge in [0, 0.05) is 26.6 Å². The summed E-state index contributed by atoms with van der Waals surface area (Å²) in [6.45, 7) is 1.83. The average molecular weight is 393 g/mol. The maximum Gasteiger partial charge on any atom is 0.270 e. The van der Waals surface area contributed by atoms with E-state index in [9.17, 15) is 18.0 Å². The minimum Gasteiger partial charge on any atom is -0.348 e. The highest BCUT2D eigenvalue weighted by Crippen LogP contribution is 2.31. The van der Waals surface area contributed by atoms with Crippen LogP contribution in [0.25, 0.3) is 11.0 Å². The van der Waals surface area contributed by atoms with E-state index in [2.05, 4.69) is 15.1 Å². The Bertz CT molecular complexity index is 1030. The van der Waals surface area contributed by atoms with Crippen LogP contribution in [0, 0.1) is 0 Å². The van der Waals surface area contributed by atoms with Crippen molar-refractivity contribution in [1.29, 1.82) is 0 Å². The summed E-state index contributed by atoms with van der Waals surface area (Å²) in [5, 5.41) is 4.38. The van der Waals surface area contributed by atoms with Crippen LogP contribution in [0.2, 0.25) is 0 Å². The predicted octanol–water partition coefficient (Wildman–Crippen LogP) is 3.77. The first-order valence-electron chi connectivity index (χ1n) is 8.90. The van der Waals surface area contributed by atoms with E-state index in [0.717, 1.165) is 12.5 Å². The maximum atomic E-state index is 13.5. The van der Waals surface area contributed by atoms with Crippen molar-refractivity contribution in [1.82, 2.24) is 19.7 Å². The molecule has 0 aliphatic rings. The van der Waals surface area contributed by atoms with Gasteiger partial charge in [0.1, 0.15) is 17.8 Å². The lowest BCUT2D eigenvalue weighted by molar-refractivity contribution is 0.0174. The van der Waals surface area contributed by atoms with Gasteiger partial charge < -0.3 is 4.90 Å².